The highest BCUT2D eigenvalue weighted by atomic mass is 16.4. The number of aliphatic carboxylic acids is 1. The highest BCUT2D eigenvalue weighted by molar-refractivity contribution is 5.71. The molecule has 17 heavy (non-hydrogen) atoms. The Morgan fingerprint density at radius 1 is 1.29 bits per heavy atom. The molecule has 0 aliphatic heterocycles. The van der Waals surface area contributed by atoms with E-state index in [1.807, 2.05) is 37.3 Å². The topological polar surface area (TPSA) is 139 Å². The van der Waals surface area contributed by atoms with Crippen LogP contribution in [0.5, 0.6) is 0 Å². The van der Waals surface area contributed by atoms with Gasteiger partial charge < -0.3 is 22.3 Å². The molecule has 0 fully saturated rings. The van der Waals surface area contributed by atoms with Gasteiger partial charge in [-0.1, -0.05) is 30.3 Å². The van der Waals surface area contributed by atoms with Gasteiger partial charge in [-0.25, -0.2) is 0 Å². The number of hydrogen-bond acceptors (Lipinski definition) is 3. The number of rotatable bonds is 1. The lowest BCUT2D eigenvalue weighted by atomic mass is 10.1. The van der Waals surface area contributed by atoms with Gasteiger partial charge in [0.2, 0.25) is 0 Å². The third-order valence-electron chi connectivity index (χ3n) is 1.33. The normalized spacial score (nSPS) is 9.82. The van der Waals surface area contributed by atoms with Gasteiger partial charge in [-0.05, 0) is 12.5 Å². The molecule has 8 N–H and O–H groups in total. The van der Waals surface area contributed by atoms with Crippen LogP contribution >= 0.6 is 0 Å². The average molecular weight is 240 g/mol. The largest absolute Gasteiger partial charge is 0.481 e. The van der Waals surface area contributed by atoms with E-state index in [1.165, 1.54) is 5.56 Å². The van der Waals surface area contributed by atoms with Crippen molar-refractivity contribution in [3.63, 3.8) is 0 Å². The minimum Gasteiger partial charge on any atom is -0.481 e. The number of benzene rings is 1. The fourth-order valence-electron chi connectivity index (χ4n) is 0.757. The molecular weight excluding hydrogens is 220 g/mol. The van der Waals surface area contributed by atoms with Gasteiger partial charge in [0.15, 0.2) is 5.96 Å². The van der Waals surface area contributed by atoms with E-state index in [4.69, 9.17) is 21.0 Å². The number of nitrogens with two attached hydrogens (primary N) is 3. The van der Waals surface area contributed by atoms with Crippen molar-refractivity contribution in [1.82, 2.24) is 0 Å². The summed E-state index contributed by atoms with van der Waals surface area (Å²) in [5.41, 5.74) is 15.8. The van der Waals surface area contributed by atoms with Crippen molar-refractivity contribution >= 4 is 11.9 Å². The molecule has 0 aliphatic carbocycles. The molecule has 6 nitrogen and oxygen atoms in total. The molecule has 1 aromatic rings. The first-order valence-electron chi connectivity index (χ1n) is 4.87. The predicted molar refractivity (Wildman–Crippen MR) is 68.5 cm³/mol. The summed E-state index contributed by atoms with van der Waals surface area (Å²) in [5, 5.41) is 13.5. The molecule has 6 heteroatoms. The van der Waals surface area contributed by atoms with Crippen LogP contribution in [0.3, 0.4) is 0 Å². The van der Waals surface area contributed by atoms with E-state index >= 15 is 0 Å². The lowest BCUT2D eigenvalue weighted by Crippen LogP contribution is -2.20. The molecule has 0 bridgehead atoms. The maximum absolute atomic E-state index is 9.00. The number of hydrogen-bond donors (Lipinski definition) is 5. The number of nitrogens with one attached hydrogen (secondary N) is 1. The van der Waals surface area contributed by atoms with Crippen LogP contribution < -0.4 is 17.2 Å². The zero-order valence-corrected chi connectivity index (χ0v) is 10.1. The third kappa shape index (κ3) is 20.1. The summed E-state index contributed by atoms with van der Waals surface area (Å²) in [6.07, 6.45) is 0. The maximum atomic E-state index is 9.00. The molecule has 0 aliphatic rings. The Balaban J connectivity index is 0. The Morgan fingerprint density at radius 3 is 1.76 bits per heavy atom. The standard InChI is InChI=1S/C8H11N.C2H4O2.CH5N3/c1-7(9)8-5-3-2-4-6-8;1-2(3)4;2-1(3)4/h2-7H,9H2,1H3;1H3,(H,3,4);(H5,2,3,4). The van der Waals surface area contributed by atoms with Crippen molar-refractivity contribution in [3.05, 3.63) is 35.9 Å². The molecule has 0 aromatic heterocycles. The molecule has 0 radical (unpaired) electrons. The van der Waals surface area contributed by atoms with Gasteiger partial charge in [0.25, 0.3) is 5.97 Å². The molecule has 1 aromatic carbocycles. The van der Waals surface area contributed by atoms with Crippen molar-refractivity contribution in [2.75, 3.05) is 0 Å². The van der Waals surface area contributed by atoms with E-state index in [9.17, 15) is 0 Å². The first kappa shape index (κ1) is 17.3. The fourth-order valence-corrected chi connectivity index (χ4v) is 0.757. The van der Waals surface area contributed by atoms with E-state index in [2.05, 4.69) is 11.5 Å². The van der Waals surface area contributed by atoms with E-state index in [0.29, 0.717) is 0 Å². The van der Waals surface area contributed by atoms with Crippen LogP contribution in [0.25, 0.3) is 0 Å². The molecule has 96 valence electrons. The van der Waals surface area contributed by atoms with Crippen molar-refractivity contribution in [3.8, 4) is 0 Å². The average Bonchev–Trinajstić information content (AvgIpc) is 2.17. The highest BCUT2D eigenvalue weighted by Gasteiger charge is 1.93. The van der Waals surface area contributed by atoms with Gasteiger partial charge in [0.05, 0.1) is 0 Å². The highest BCUT2D eigenvalue weighted by Crippen LogP contribution is 2.06. The Hall–Kier alpha value is -2.08. The molecule has 1 atom stereocenters. The minimum absolute atomic E-state index is 0.159. The SMILES string of the molecule is CC(=O)O.CC(N)c1ccccc1.N=C(N)N. The molecule has 0 saturated carbocycles. The molecule has 1 unspecified atom stereocenters. The lowest BCUT2D eigenvalue weighted by Gasteiger charge is -2.02. The predicted octanol–water partition coefficient (Wildman–Crippen LogP) is 0.636. The van der Waals surface area contributed by atoms with Gasteiger partial charge in [-0.2, -0.15) is 0 Å². The van der Waals surface area contributed by atoms with E-state index in [-0.39, 0.29) is 12.0 Å². The van der Waals surface area contributed by atoms with E-state index in [0.717, 1.165) is 6.92 Å². The second-order valence-electron chi connectivity index (χ2n) is 3.17. The first-order valence-corrected chi connectivity index (χ1v) is 4.87. The summed E-state index contributed by atoms with van der Waals surface area (Å²) < 4.78 is 0. The van der Waals surface area contributed by atoms with Crippen molar-refractivity contribution < 1.29 is 9.90 Å². The van der Waals surface area contributed by atoms with Gasteiger partial charge in [-0.3, -0.25) is 10.2 Å². The monoisotopic (exact) mass is 240 g/mol. The summed E-state index contributed by atoms with van der Waals surface area (Å²) in [6, 6.07) is 10.2. The number of guanidine groups is 1. The van der Waals surface area contributed by atoms with Crippen LogP contribution in [0, 0.1) is 5.41 Å². The fraction of sp³-hybridized carbons (Fsp3) is 0.273. The Morgan fingerprint density at radius 2 is 1.59 bits per heavy atom. The zero-order valence-electron chi connectivity index (χ0n) is 10.1. The minimum atomic E-state index is -0.833. The smallest absolute Gasteiger partial charge is 0.300 e. The van der Waals surface area contributed by atoms with Crippen LogP contribution in [-0.4, -0.2) is 17.0 Å². The first-order chi connectivity index (χ1) is 7.77. The zero-order chi connectivity index (χ0) is 13.8. The number of carboxylic acid groups (broad SMARTS) is 1. The summed E-state index contributed by atoms with van der Waals surface area (Å²) >= 11 is 0. The van der Waals surface area contributed by atoms with Gasteiger partial charge in [-0.15, -0.1) is 0 Å². The second-order valence-corrected chi connectivity index (χ2v) is 3.17. The number of carbonyl (C=O) groups is 1. The lowest BCUT2D eigenvalue weighted by molar-refractivity contribution is -0.134. The van der Waals surface area contributed by atoms with E-state index in [1.54, 1.807) is 0 Å². The maximum Gasteiger partial charge on any atom is 0.300 e. The Bertz CT molecular complexity index is 306. The summed E-state index contributed by atoms with van der Waals surface area (Å²) in [4.78, 5) is 9.00. The Kier molecular flexibility index (Phi) is 10.6. The van der Waals surface area contributed by atoms with Crippen LogP contribution in [0.15, 0.2) is 30.3 Å². The van der Waals surface area contributed by atoms with Gasteiger partial charge in [0, 0.05) is 13.0 Å². The molecule has 1 rings (SSSR count). The molecule has 0 spiro atoms. The Labute approximate surface area is 101 Å². The summed E-state index contributed by atoms with van der Waals surface area (Å²) in [6.45, 7) is 3.06. The van der Waals surface area contributed by atoms with Gasteiger partial charge in [0.1, 0.15) is 0 Å². The van der Waals surface area contributed by atoms with Crippen LogP contribution in [-0.2, 0) is 4.79 Å². The quantitative estimate of drug-likeness (QED) is 0.362. The second kappa shape index (κ2) is 10.4. The van der Waals surface area contributed by atoms with Crippen molar-refractivity contribution in [2.45, 2.75) is 19.9 Å². The van der Waals surface area contributed by atoms with E-state index < -0.39 is 5.97 Å². The van der Waals surface area contributed by atoms with Gasteiger partial charge >= 0.3 is 0 Å². The van der Waals surface area contributed by atoms with Crippen molar-refractivity contribution in [1.29, 1.82) is 5.41 Å². The van der Waals surface area contributed by atoms with Crippen LogP contribution in [0.2, 0.25) is 0 Å². The van der Waals surface area contributed by atoms with Crippen LogP contribution in [0.4, 0.5) is 0 Å². The molecule has 0 amide bonds. The molecular formula is C11H20N4O2. The van der Waals surface area contributed by atoms with Crippen LogP contribution in [0.1, 0.15) is 25.5 Å². The van der Waals surface area contributed by atoms with Crippen molar-refractivity contribution in [2.24, 2.45) is 17.2 Å². The summed E-state index contributed by atoms with van der Waals surface area (Å²) in [7, 11) is 0. The molecule has 0 saturated heterocycles. The molecule has 0 heterocycles. The summed E-state index contributed by atoms with van der Waals surface area (Å²) in [5.74, 6) is -1.17. The third-order valence-corrected chi connectivity index (χ3v) is 1.33. The number of carboxylic acids is 1.